The van der Waals surface area contributed by atoms with Gasteiger partial charge in [0, 0.05) is 12.1 Å². The lowest BCUT2D eigenvalue weighted by Crippen LogP contribution is -2.30. The number of Topliss-reactive ketones (excluding diaryl/α,β-unsaturated/α-hetero) is 1. The molecule has 1 saturated heterocycles. The zero-order valence-electron chi connectivity index (χ0n) is 22.2. The number of ether oxygens (including phenoxy) is 3. The van der Waals surface area contributed by atoms with Crippen LogP contribution in [-0.4, -0.2) is 42.5 Å². The fourth-order valence-electron chi connectivity index (χ4n) is 4.66. The Labute approximate surface area is 223 Å². The molecule has 4 rings (SSSR count). The van der Waals surface area contributed by atoms with E-state index in [1.807, 2.05) is 44.2 Å². The molecule has 1 amide bonds. The predicted octanol–water partition coefficient (Wildman–Crippen LogP) is 5.81. The van der Waals surface area contributed by atoms with Gasteiger partial charge in [0.05, 0.1) is 25.8 Å². The predicted molar refractivity (Wildman–Crippen MR) is 145 cm³/mol. The fraction of sp³-hybridized carbons (Fsp3) is 0.290. The van der Waals surface area contributed by atoms with Gasteiger partial charge in [-0.2, -0.15) is 0 Å². The summed E-state index contributed by atoms with van der Waals surface area (Å²) < 4.78 is 16.8. The van der Waals surface area contributed by atoms with Crippen LogP contribution in [0, 0.1) is 6.92 Å². The van der Waals surface area contributed by atoms with Crippen molar-refractivity contribution >= 4 is 17.4 Å². The average Bonchev–Trinajstić information content (AvgIpc) is 3.20. The third-order valence-corrected chi connectivity index (χ3v) is 6.70. The van der Waals surface area contributed by atoms with Crippen LogP contribution in [0.2, 0.25) is 0 Å². The van der Waals surface area contributed by atoms with Crippen molar-refractivity contribution in [2.24, 2.45) is 0 Å². The van der Waals surface area contributed by atoms with Gasteiger partial charge in [0.25, 0.3) is 11.7 Å². The molecule has 1 atom stereocenters. The Morgan fingerprint density at radius 2 is 1.63 bits per heavy atom. The van der Waals surface area contributed by atoms with Crippen LogP contribution >= 0.6 is 0 Å². The summed E-state index contributed by atoms with van der Waals surface area (Å²) >= 11 is 0. The van der Waals surface area contributed by atoms with Gasteiger partial charge in [0.1, 0.15) is 18.1 Å². The van der Waals surface area contributed by atoms with Crippen LogP contribution in [0.4, 0.5) is 0 Å². The van der Waals surface area contributed by atoms with Gasteiger partial charge in [-0.05, 0) is 60.4 Å². The number of benzene rings is 3. The van der Waals surface area contributed by atoms with Gasteiger partial charge < -0.3 is 24.2 Å². The third-order valence-electron chi connectivity index (χ3n) is 6.70. The number of likely N-dealkylation sites (tertiary alicyclic amines) is 1. The SMILES string of the molecule is CCCCN1C(=O)C(=O)/C(=C(\O)c2ccc(OCc3ccccc3)c(C)c2)C1c1ccc(OC)c(OC)c1. The van der Waals surface area contributed by atoms with Crippen molar-refractivity contribution in [1.82, 2.24) is 4.90 Å². The number of aliphatic hydroxyl groups excluding tert-OH is 1. The number of amides is 1. The molecule has 7 nitrogen and oxygen atoms in total. The largest absolute Gasteiger partial charge is 0.507 e. The Balaban J connectivity index is 1.73. The number of hydrogen-bond donors (Lipinski definition) is 1. The van der Waals surface area contributed by atoms with Gasteiger partial charge in [0.15, 0.2) is 11.5 Å². The molecule has 0 aliphatic carbocycles. The number of aryl methyl sites for hydroxylation is 1. The molecule has 0 saturated carbocycles. The van der Waals surface area contributed by atoms with Gasteiger partial charge in [0.2, 0.25) is 0 Å². The number of carbonyl (C=O) groups excluding carboxylic acids is 2. The van der Waals surface area contributed by atoms with Crippen LogP contribution in [0.3, 0.4) is 0 Å². The molecule has 198 valence electrons. The number of aliphatic hydroxyl groups is 1. The summed E-state index contributed by atoms with van der Waals surface area (Å²) in [5.74, 6) is 0.121. The molecule has 38 heavy (non-hydrogen) atoms. The van der Waals surface area contributed by atoms with E-state index in [1.165, 1.54) is 12.0 Å². The highest BCUT2D eigenvalue weighted by Crippen LogP contribution is 2.42. The Morgan fingerprint density at radius 3 is 2.29 bits per heavy atom. The number of carbonyl (C=O) groups is 2. The molecule has 1 unspecified atom stereocenters. The van der Waals surface area contributed by atoms with E-state index in [0.29, 0.717) is 41.5 Å². The highest BCUT2D eigenvalue weighted by Gasteiger charge is 2.46. The molecule has 1 aliphatic heterocycles. The lowest BCUT2D eigenvalue weighted by molar-refractivity contribution is -0.139. The first-order chi connectivity index (χ1) is 18.4. The first-order valence-corrected chi connectivity index (χ1v) is 12.7. The molecule has 1 aliphatic rings. The summed E-state index contributed by atoms with van der Waals surface area (Å²) in [6, 6.07) is 19.6. The van der Waals surface area contributed by atoms with E-state index >= 15 is 0 Å². The second-order valence-corrected chi connectivity index (χ2v) is 9.22. The molecule has 0 radical (unpaired) electrons. The molecule has 3 aromatic carbocycles. The maximum absolute atomic E-state index is 13.3. The molecule has 0 aromatic heterocycles. The maximum atomic E-state index is 13.3. The van der Waals surface area contributed by atoms with E-state index in [2.05, 4.69) is 0 Å². The normalized spacial score (nSPS) is 16.5. The number of nitrogens with zero attached hydrogens (tertiary/aromatic N) is 1. The van der Waals surface area contributed by atoms with Crippen LogP contribution in [0.25, 0.3) is 5.76 Å². The molecule has 1 N–H and O–H groups in total. The molecule has 1 fully saturated rings. The van der Waals surface area contributed by atoms with Gasteiger partial charge in [-0.25, -0.2) is 0 Å². The molecular formula is C31H33NO6. The zero-order chi connectivity index (χ0) is 27.2. The van der Waals surface area contributed by atoms with E-state index in [9.17, 15) is 14.7 Å². The van der Waals surface area contributed by atoms with Crippen LogP contribution in [0.15, 0.2) is 72.3 Å². The van der Waals surface area contributed by atoms with Crippen molar-refractivity contribution in [2.45, 2.75) is 39.3 Å². The quantitative estimate of drug-likeness (QED) is 0.208. The van der Waals surface area contributed by atoms with Gasteiger partial charge in [-0.1, -0.05) is 49.7 Å². The van der Waals surface area contributed by atoms with Crippen LogP contribution < -0.4 is 14.2 Å². The molecule has 1 heterocycles. The molecule has 3 aromatic rings. The Bertz CT molecular complexity index is 1350. The minimum atomic E-state index is -0.754. The van der Waals surface area contributed by atoms with Crippen molar-refractivity contribution in [3.8, 4) is 17.2 Å². The zero-order valence-corrected chi connectivity index (χ0v) is 22.2. The van der Waals surface area contributed by atoms with Crippen LogP contribution in [-0.2, 0) is 16.2 Å². The highest BCUT2D eigenvalue weighted by atomic mass is 16.5. The summed E-state index contributed by atoms with van der Waals surface area (Å²) in [5, 5.41) is 11.4. The summed E-state index contributed by atoms with van der Waals surface area (Å²) in [7, 11) is 3.07. The lowest BCUT2D eigenvalue weighted by atomic mass is 9.94. The van der Waals surface area contributed by atoms with Crippen LogP contribution in [0.5, 0.6) is 17.2 Å². The van der Waals surface area contributed by atoms with Crippen molar-refractivity contribution in [2.75, 3.05) is 20.8 Å². The first kappa shape index (κ1) is 26.8. The van der Waals surface area contributed by atoms with E-state index in [1.54, 1.807) is 43.5 Å². The van der Waals surface area contributed by atoms with Crippen molar-refractivity contribution in [1.29, 1.82) is 0 Å². The Kier molecular flexibility index (Phi) is 8.36. The number of ketones is 1. The number of hydrogen-bond acceptors (Lipinski definition) is 6. The van der Waals surface area contributed by atoms with Crippen molar-refractivity contribution < 1.29 is 28.9 Å². The lowest BCUT2D eigenvalue weighted by Gasteiger charge is -2.26. The Hall–Kier alpha value is -4.26. The first-order valence-electron chi connectivity index (χ1n) is 12.7. The van der Waals surface area contributed by atoms with Gasteiger partial charge in [-0.15, -0.1) is 0 Å². The summed E-state index contributed by atoms with van der Waals surface area (Å²) in [4.78, 5) is 27.9. The maximum Gasteiger partial charge on any atom is 0.295 e. The monoisotopic (exact) mass is 515 g/mol. The molecule has 7 heteroatoms. The van der Waals surface area contributed by atoms with E-state index in [-0.39, 0.29) is 11.3 Å². The van der Waals surface area contributed by atoms with Crippen molar-refractivity contribution in [3.05, 3.63) is 94.6 Å². The Morgan fingerprint density at radius 1 is 0.921 bits per heavy atom. The second-order valence-electron chi connectivity index (χ2n) is 9.22. The smallest absolute Gasteiger partial charge is 0.295 e. The van der Waals surface area contributed by atoms with Gasteiger partial charge >= 0.3 is 0 Å². The molecular weight excluding hydrogens is 482 g/mol. The standard InChI is InChI=1S/C31H33NO6/c1-5-6-16-32-28(22-12-15-25(36-3)26(18-22)37-4)27(30(34)31(32)35)29(33)23-13-14-24(20(2)17-23)38-19-21-10-8-7-9-11-21/h7-15,17-18,28,33H,5-6,16,19H2,1-4H3/b29-27-. The minimum Gasteiger partial charge on any atom is -0.507 e. The summed E-state index contributed by atoms with van der Waals surface area (Å²) in [6.45, 7) is 4.70. The van der Waals surface area contributed by atoms with E-state index < -0.39 is 17.7 Å². The number of rotatable bonds is 10. The fourth-order valence-corrected chi connectivity index (χ4v) is 4.66. The second kappa shape index (κ2) is 11.9. The number of methoxy groups -OCH3 is 2. The van der Waals surface area contributed by atoms with Crippen molar-refractivity contribution in [3.63, 3.8) is 0 Å². The molecule has 0 spiro atoms. The minimum absolute atomic E-state index is 0.0516. The number of unbranched alkanes of at least 4 members (excludes halogenated alkanes) is 1. The van der Waals surface area contributed by atoms with Crippen LogP contribution in [0.1, 0.15) is 48.1 Å². The van der Waals surface area contributed by atoms with Gasteiger partial charge in [-0.3, -0.25) is 9.59 Å². The molecule has 0 bridgehead atoms. The topological polar surface area (TPSA) is 85.3 Å². The van der Waals surface area contributed by atoms with E-state index in [0.717, 1.165) is 24.0 Å². The average molecular weight is 516 g/mol. The van der Waals surface area contributed by atoms with E-state index in [4.69, 9.17) is 14.2 Å². The highest BCUT2D eigenvalue weighted by molar-refractivity contribution is 6.46. The summed E-state index contributed by atoms with van der Waals surface area (Å²) in [5.41, 5.74) is 2.98. The third kappa shape index (κ3) is 5.37. The summed E-state index contributed by atoms with van der Waals surface area (Å²) in [6.07, 6.45) is 1.58.